The molecular formula is C29H30F2N4O4. The van der Waals surface area contributed by atoms with Gasteiger partial charge in [0.25, 0.3) is 18.2 Å². The average Bonchev–Trinajstić information content (AvgIpc) is 3.43. The average molecular weight is 537 g/mol. The summed E-state index contributed by atoms with van der Waals surface area (Å²) in [5.41, 5.74) is 1.47. The van der Waals surface area contributed by atoms with E-state index in [-0.39, 0.29) is 5.56 Å². The lowest BCUT2D eigenvalue weighted by atomic mass is 9.91. The Kier molecular flexibility index (Phi) is 10.2. The van der Waals surface area contributed by atoms with E-state index in [0.29, 0.717) is 5.56 Å². The predicted octanol–water partition coefficient (Wildman–Crippen LogP) is 2.45. The van der Waals surface area contributed by atoms with Gasteiger partial charge in [0, 0.05) is 30.2 Å². The Bertz CT molecular complexity index is 1300. The molecule has 2 aromatic carbocycles. The van der Waals surface area contributed by atoms with E-state index in [1.807, 2.05) is 17.4 Å². The number of nitrogens with zero attached hydrogens (tertiary/aromatic N) is 1. The first kappa shape index (κ1) is 29.3. The van der Waals surface area contributed by atoms with Crippen LogP contribution in [0.15, 0.2) is 48.5 Å². The van der Waals surface area contributed by atoms with Gasteiger partial charge in [-0.15, -0.1) is 0 Å². The first-order chi connectivity index (χ1) is 18.6. The van der Waals surface area contributed by atoms with Gasteiger partial charge in [-0.05, 0) is 86.7 Å². The highest BCUT2D eigenvalue weighted by Crippen LogP contribution is 2.21. The number of hydrogen-bond donors (Lipinski definition) is 4. The van der Waals surface area contributed by atoms with Crippen molar-refractivity contribution < 1.29 is 28.4 Å². The fourth-order valence-corrected chi connectivity index (χ4v) is 4.20. The molecule has 0 aromatic heterocycles. The summed E-state index contributed by atoms with van der Waals surface area (Å²) in [5.74, 6) is 8.37. The van der Waals surface area contributed by atoms with E-state index >= 15 is 0 Å². The Hall–Kier alpha value is -4.25. The Morgan fingerprint density at radius 1 is 0.974 bits per heavy atom. The molecule has 1 unspecified atom stereocenters. The minimum Gasteiger partial charge on any atom is -0.343 e. The van der Waals surface area contributed by atoms with Crippen LogP contribution in [0, 0.1) is 23.7 Å². The van der Waals surface area contributed by atoms with Crippen LogP contribution >= 0.6 is 0 Å². The van der Waals surface area contributed by atoms with Crippen molar-refractivity contribution in [2.75, 3.05) is 13.1 Å². The largest absolute Gasteiger partial charge is 0.343 e. The fourth-order valence-electron chi connectivity index (χ4n) is 4.20. The first-order valence-corrected chi connectivity index (χ1v) is 12.4. The van der Waals surface area contributed by atoms with E-state index in [2.05, 4.69) is 46.0 Å². The van der Waals surface area contributed by atoms with Crippen molar-refractivity contribution >= 4 is 17.7 Å². The molecule has 1 saturated heterocycles. The maximum Gasteiger partial charge on any atom is 0.268 e. The molecule has 2 aromatic rings. The standard InChI is InChI=1S/C29H30F2N4O4/c1-20(36)33-29(2,28(30)31)25(27(38)34-39)32-26(37)24-15-13-22(14-16-24)8-4-3-7-21-9-11-23(12-10-21)19-35-17-5-6-18-35/h9-16,25,28,39H,5-6,17-19H2,1-2H3,(H,32,37)(H,33,36)(H,34,38)/t25-,29?/m1/s1. The molecule has 2 atom stereocenters. The molecule has 4 N–H and O–H groups in total. The van der Waals surface area contributed by atoms with Crippen LogP contribution in [0.1, 0.15) is 53.7 Å². The summed E-state index contributed by atoms with van der Waals surface area (Å²) in [4.78, 5) is 38.7. The van der Waals surface area contributed by atoms with E-state index in [1.165, 1.54) is 48.2 Å². The molecule has 3 rings (SSSR count). The molecule has 1 aliphatic heterocycles. The van der Waals surface area contributed by atoms with Gasteiger partial charge in [0.2, 0.25) is 5.91 Å². The van der Waals surface area contributed by atoms with Gasteiger partial charge in [0.15, 0.2) is 0 Å². The number of rotatable bonds is 8. The van der Waals surface area contributed by atoms with Crippen LogP contribution in [-0.2, 0) is 16.1 Å². The van der Waals surface area contributed by atoms with E-state index in [1.54, 1.807) is 0 Å². The minimum atomic E-state index is -3.24. The van der Waals surface area contributed by atoms with Gasteiger partial charge in [-0.25, -0.2) is 14.3 Å². The zero-order chi connectivity index (χ0) is 28.4. The number of carbonyl (C=O) groups excluding carboxylic acids is 3. The number of benzene rings is 2. The topological polar surface area (TPSA) is 111 Å². The second kappa shape index (κ2) is 13.5. The summed E-state index contributed by atoms with van der Waals surface area (Å²) in [7, 11) is 0. The van der Waals surface area contributed by atoms with Gasteiger partial charge in [-0.2, -0.15) is 0 Å². The molecule has 0 spiro atoms. The van der Waals surface area contributed by atoms with Crippen LogP contribution in [0.2, 0.25) is 0 Å². The number of halogens is 2. The van der Waals surface area contributed by atoms with Crippen LogP contribution in [0.5, 0.6) is 0 Å². The third-order valence-corrected chi connectivity index (χ3v) is 6.33. The molecule has 1 heterocycles. The summed E-state index contributed by atoms with van der Waals surface area (Å²) in [6.45, 7) is 5.11. The molecule has 1 fully saturated rings. The molecule has 204 valence electrons. The van der Waals surface area contributed by atoms with Crippen molar-refractivity contribution in [1.82, 2.24) is 21.0 Å². The lowest BCUT2D eigenvalue weighted by Gasteiger charge is -2.36. The molecule has 1 aliphatic rings. The monoisotopic (exact) mass is 536 g/mol. The minimum absolute atomic E-state index is 0.0517. The number of alkyl halides is 2. The Morgan fingerprint density at radius 3 is 2.00 bits per heavy atom. The van der Waals surface area contributed by atoms with Crippen molar-refractivity contribution in [3.05, 3.63) is 70.8 Å². The van der Waals surface area contributed by atoms with Crippen molar-refractivity contribution in [1.29, 1.82) is 0 Å². The number of nitrogens with one attached hydrogen (secondary N) is 3. The summed E-state index contributed by atoms with van der Waals surface area (Å²) >= 11 is 0. The first-order valence-electron chi connectivity index (χ1n) is 12.4. The van der Waals surface area contributed by atoms with Gasteiger partial charge in [0.1, 0.15) is 11.6 Å². The molecular weight excluding hydrogens is 506 g/mol. The zero-order valence-corrected chi connectivity index (χ0v) is 21.7. The Labute approximate surface area is 226 Å². The van der Waals surface area contributed by atoms with Crippen molar-refractivity contribution in [3.63, 3.8) is 0 Å². The highest BCUT2D eigenvalue weighted by atomic mass is 19.3. The number of likely N-dealkylation sites (tertiary alicyclic amines) is 1. The van der Waals surface area contributed by atoms with Crippen molar-refractivity contribution in [3.8, 4) is 23.7 Å². The summed E-state index contributed by atoms with van der Waals surface area (Å²) < 4.78 is 27.6. The fraction of sp³-hybridized carbons (Fsp3) is 0.345. The van der Waals surface area contributed by atoms with Crippen molar-refractivity contribution in [2.45, 2.75) is 51.2 Å². The summed E-state index contributed by atoms with van der Waals surface area (Å²) in [6.07, 6.45) is -0.735. The molecule has 8 nitrogen and oxygen atoms in total. The molecule has 10 heteroatoms. The predicted molar refractivity (Wildman–Crippen MR) is 141 cm³/mol. The summed E-state index contributed by atoms with van der Waals surface area (Å²) in [5, 5.41) is 13.2. The quantitative estimate of drug-likeness (QED) is 0.235. The lowest BCUT2D eigenvalue weighted by Crippen LogP contribution is -2.68. The molecule has 39 heavy (non-hydrogen) atoms. The smallest absolute Gasteiger partial charge is 0.268 e. The van der Waals surface area contributed by atoms with E-state index < -0.39 is 35.7 Å². The normalized spacial score (nSPS) is 15.1. The van der Waals surface area contributed by atoms with Gasteiger partial charge < -0.3 is 10.6 Å². The van der Waals surface area contributed by atoms with Gasteiger partial charge in [-0.3, -0.25) is 24.5 Å². The number of amides is 3. The van der Waals surface area contributed by atoms with Crippen LogP contribution < -0.4 is 16.1 Å². The van der Waals surface area contributed by atoms with E-state index in [9.17, 15) is 23.2 Å². The maximum absolute atomic E-state index is 13.8. The SMILES string of the molecule is CC(=O)NC(C)(C(F)F)[C@H](NC(=O)c1ccc(C#CC#Cc2ccc(CN3CCCC3)cc2)cc1)C(=O)NO. The number of hydroxylamine groups is 1. The van der Waals surface area contributed by atoms with Crippen molar-refractivity contribution in [2.24, 2.45) is 0 Å². The molecule has 0 radical (unpaired) electrons. The van der Waals surface area contributed by atoms with E-state index in [4.69, 9.17) is 5.21 Å². The van der Waals surface area contributed by atoms with Gasteiger partial charge >= 0.3 is 0 Å². The molecule has 0 bridgehead atoms. The van der Waals surface area contributed by atoms with Gasteiger partial charge in [0.05, 0.1) is 0 Å². The van der Waals surface area contributed by atoms with Crippen LogP contribution in [-0.4, -0.2) is 58.9 Å². The van der Waals surface area contributed by atoms with Crippen LogP contribution in [0.3, 0.4) is 0 Å². The van der Waals surface area contributed by atoms with E-state index in [0.717, 1.165) is 39.0 Å². The lowest BCUT2D eigenvalue weighted by molar-refractivity contribution is -0.137. The second-order valence-corrected chi connectivity index (χ2v) is 9.40. The second-order valence-electron chi connectivity index (χ2n) is 9.40. The van der Waals surface area contributed by atoms with Gasteiger partial charge in [-0.1, -0.05) is 24.0 Å². The highest BCUT2D eigenvalue weighted by Gasteiger charge is 2.48. The highest BCUT2D eigenvalue weighted by molar-refractivity contribution is 5.98. The third kappa shape index (κ3) is 8.11. The third-order valence-electron chi connectivity index (χ3n) is 6.33. The Balaban J connectivity index is 1.64. The number of carbonyl (C=O) groups is 3. The summed E-state index contributed by atoms with van der Waals surface area (Å²) in [6, 6.07) is 12.0. The number of hydrogen-bond acceptors (Lipinski definition) is 5. The molecule has 0 aliphatic carbocycles. The maximum atomic E-state index is 13.8. The molecule has 3 amide bonds. The zero-order valence-electron chi connectivity index (χ0n) is 21.7. The van der Waals surface area contributed by atoms with Crippen LogP contribution in [0.4, 0.5) is 8.78 Å². The Morgan fingerprint density at radius 2 is 1.51 bits per heavy atom. The van der Waals surface area contributed by atoms with Crippen LogP contribution in [0.25, 0.3) is 0 Å². The molecule has 0 saturated carbocycles.